The lowest BCUT2D eigenvalue weighted by molar-refractivity contribution is -0.643. The first-order valence-electron chi connectivity index (χ1n) is 11.3. The molecule has 0 amide bonds. The Morgan fingerprint density at radius 1 is 0.758 bits per heavy atom. The summed E-state index contributed by atoms with van der Waals surface area (Å²) in [6.45, 7) is 4.39. The highest BCUT2D eigenvalue weighted by Gasteiger charge is 2.25. The zero-order valence-electron chi connectivity index (χ0n) is 18.8. The summed E-state index contributed by atoms with van der Waals surface area (Å²) in [5.41, 5.74) is 9.28. The SMILES string of the molecule is Cc1cc2c3cc(-c4ccccc4)ccc3n3c4cc(F)cc5cc[n+](C)c(c(c1C)c23)c54. The Morgan fingerprint density at radius 3 is 2.39 bits per heavy atom. The van der Waals surface area contributed by atoms with Gasteiger partial charge in [0.2, 0.25) is 5.52 Å². The van der Waals surface area contributed by atoms with Crippen LogP contribution in [0.3, 0.4) is 0 Å². The molecule has 7 rings (SSSR count). The first kappa shape index (κ1) is 18.6. The van der Waals surface area contributed by atoms with Gasteiger partial charge >= 0.3 is 0 Å². The van der Waals surface area contributed by atoms with Crippen molar-refractivity contribution in [3.8, 4) is 11.1 Å². The lowest BCUT2D eigenvalue weighted by atomic mass is 9.96. The van der Waals surface area contributed by atoms with Gasteiger partial charge in [-0.25, -0.2) is 8.96 Å². The van der Waals surface area contributed by atoms with E-state index in [9.17, 15) is 4.39 Å². The zero-order valence-corrected chi connectivity index (χ0v) is 18.8. The minimum absolute atomic E-state index is 0.208. The normalized spacial score (nSPS) is 12.2. The van der Waals surface area contributed by atoms with Crippen molar-refractivity contribution in [1.82, 2.24) is 4.40 Å². The number of rotatable bonds is 1. The summed E-state index contributed by atoms with van der Waals surface area (Å²) in [4.78, 5) is 0. The first-order valence-corrected chi connectivity index (χ1v) is 11.3. The molecule has 0 fully saturated rings. The van der Waals surface area contributed by atoms with Crippen LogP contribution in [0.25, 0.3) is 60.1 Å². The molecule has 3 heteroatoms. The van der Waals surface area contributed by atoms with Gasteiger partial charge in [0.15, 0.2) is 6.20 Å². The minimum Gasteiger partial charge on any atom is -0.307 e. The topological polar surface area (TPSA) is 8.29 Å². The molecule has 3 heterocycles. The number of nitrogens with zero attached hydrogens (tertiary/aromatic N) is 2. The molecule has 0 N–H and O–H groups in total. The van der Waals surface area contributed by atoms with Crippen LogP contribution >= 0.6 is 0 Å². The smallest absolute Gasteiger partial charge is 0.224 e. The van der Waals surface area contributed by atoms with Gasteiger partial charge in [-0.05, 0) is 71.8 Å². The molecular formula is C30H22FN2+. The molecule has 0 aliphatic heterocycles. The van der Waals surface area contributed by atoms with E-state index in [4.69, 9.17) is 0 Å². The average molecular weight is 430 g/mol. The van der Waals surface area contributed by atoms with Crippen LogP contribution in [0.15, 0.2) is 79.0 Å². The average Bonchev–Trinajstić information content (AvgIpc) is 3.14. The molecule has 158 valence electrons. The number of aryl methyl sites for hydroxylation is 3. The summed E-state index contributed by atoms with van der Waals surface area (Å²) in [5, 5.41) is 5.69. The third-order valence-electron chi connectivity index (χ3n) is 7.34. The first-order chi connectivity index (χ1) is 16.0. The van der Waals surface area contributed by atoms with E-state index in [-0.39, 0.29) is 5.82 Å². The van der Waals surface area contributed by atoms with Crippen LogP contribution in [0.5, 0.6) is 0 Å². The van der Waals surface area contributed by atoms with Gasteiger partial charge in [0.25, 0.3) is 0 Å². The maximum atomic E-state index is 14.8. The predicted molar refractivity (Wildman–Crippen MR) is 135 cm³/mol. The van der Waals surface area contributed by atoms with Crippen LogP contribution < -0.4 is 4.57 Å². The summed E-state index contributed by atoms with van der Waals surface area (Å²) in [6.07, 6.45) is 2.04. The second kappa shape index (κ2) is 6.29. The molecule has 0 aliphatic rings. The molecule has 2 nitrogen and oxygen atoms in total. The highest BCUT2D eigenvalue weighted by molar-refractivity contribution is 6.26. The summed E-state index contributed by atoms with van der Waals surface area (Å²) in [6, 6.07) is 24.8. The number of hydrogen-bond acceptors (Lipinski definition) is 0. The molecule has 0 bridgehead atoms. The molecule has 7 aromatic rings. The molecule has 0 saturated carbocycles. The molecule has 0 spiro atoms. The fraction of sp³-hybridized carbons (Fsp3) is 0.100. The van der Waals surface area contributed by atoms with Gasteiger partial charge in [-0.3, -0.25) is 0 Å². The number of halogens is 1. The van der Waals surface area contributed by atoms with Crippen molar-refractivity contribution in [2.45, 2.75) is 13.8 Å². The van der Waals surface area contributed by atoms with Crippen molar-refractivity contribution in [2.75, 3.05) is 0 Å². The van der Waals surface area contributed by atoms with Crippen molar-refractivity contribution >= 4 is 49.0 Å². The molecule has 3 aromatic heterocycles. The zero-order chi connectivity index (χ0) is 22.4. The van der Waals surface area contributed by atoms with Crippen LogP contribution in [-0.4, -0.2) is 4.40 Å². The molecule has 0 unspecified atom stereocenters. The summed E-state index contributed by atoms with van der Waals surface area (Å²) in [7, 11) is 2.08. The second-order valence-corrected chi connectivity index (χ2v) is 9.19. The quantitative estimate of drug-likeness (QED) is 0.148. The molecule has 0 aliphatic carbocycles. The molecule has 4 aromatic carbocycles. The van der Waals surface area contributed by atoms with Gasteiger partial charge in [0.1, 0.15) is 12.9 Å². The Bertz CT molecular complexity index is 1890. The molecule has 0 radical (unpaired) electrons. The van der Waals surface area contributed by atoms with Crippen molar-refractivity contribution in [3.05, 3.63) is 95.9 Å². The van der Waals surface area contributed by atoms with E-state index in [0.717, 1.165) is 27.3 Å². The lowest BCUT2D eigenvalue weighted by Crippen LogP contribution is -2.29. The van der Waals surface area contributed by atoms with Gasteiger partial charge < -0.3 is 4.40 Å². The van der Waals surface area contributed by atoms with Crippen LogP contribution in [0.4, 0.5) is 4.39 Å². The Balaban J connectivity index is 1.81. The maximum absolute atomic E-state index is 14.8. The van der Waals surface area contributed by atoms with Crippen LogP contribution in [0.2, 0.25) is 0 Å². The van der Waals surface area contributed by atoms with Gasteiger partial charge in [0.05, 0.1) is 27.3 Å². The van der Waals surface area contributed by atoms with E-state index in [0.29, 0.717) is 0 Å². The minimum atomic E-state index is -0.208. The Morgan fingerprint density at radius 2 is 1.58 bits per heavy atom. The molecule has 0 saturated heterocycles. The summed E-state index contributed by atoms with van der Waals surface area (Å²) < 4.78 is 19.3. The number of aromatic nitrogens is 2. The Kier molecular flexibility index (Phi) is 3.54. The maximum Gasteiger partial charge on any atom is 0.224 e. The van der Waals surface area contributed by atoms with E-state index in [1.807, 2.05) is 18.3 Å². The van der Waals surface area contributed by atoms with E-state index in [2.05, 4.69) is 78.4 Å². The molecular weight excluding hydrogens is 407 g/mol. The highest BCUT2D eigenvalue weighted by Crippen LogP contribution is 2.42. The monoisotopic (exact) mass is 429 g/mol. The van der Waals surface area contributed by atoms with E-state index >= 15 is 0 Å². The lowest BCUT2D eigenvalue weighted by Gasteiger charge is -2.14. The summed E-state index contributed by atoms with van der Waals surface area (Å²) in [5.74, 6) is -0.208. The second-order valence-electron chi connectivity index (χ2n) is 9.19. The Hall–Kier alpha value is -3.98. The van der Waals surface area contributed by atoms with Crippen LogP contribution in [-0.2, 0) is 7.05 Å². The number of pyridine rings is 2. The van der Waals surface area contributed by atoms with Crippen LogP contribution in [0, 0.1) is 19.7 Å². The van der Waals surface area contributed by atoms with Gasteiger partial charge in [-0.15, -0.1) is 0 Å². The van der Waals surface area contributed by atoms with Crippen molar-refractivity contribution < 1.29 is 8.96 Å². The van der Waals surface area contributed by atoms with E-state index in [1.165, 1.54) is 43.9 Å². The van der Waals surface area contributed by atoms with Gasteiger partial charge in [-0.1, -0.05) is 36.4 Å². The van der Waals surface area contributed by atoms with E-state index < -0.39 is 0 Å². The molecule has 0 atom stereocenters. The molecule has 33 heavy (non-hydrogen) atoms. The third-order valence-corrected chi connectivity index (χ3v) is 7.34. The fourth-order valence-electron chi connectivity index (χ4n) is 5.68. The van der Waals surface area contributed by atoms with Crippen molar-refractivity contribution in [1.29, 1.82) is 0 Å². The number of benzene rings is 4. The highest BCUT2D eigenvalue weighted by atomic mass is 19.1. The summed E-state index contributed by atoms with van der Waals surface area (Å²) >= 11 is 0. The largest absolute Gasteiger partial charge is 0.307 e. The Labute approximate surface area is 190 Å². The number of fused-ring (bicyclic) bond motifs is 5. The fourth-order valence-corrected chi connectivity index (χ4v) is 5.68. The van der Waals surface area contributed by atoms with Gasteiger partial charge in [0, 0.05) is 16.8 Å². The van der Waals surface area contributed by atoms with Crippen LogP contribution in [0.1, 0.15) is 11.1 Å². The van der Waals surface area contributed by atoms with E-state index in [1.54, 1.807) is 12.1 Å². The van der Waals surface area contributed by atoms with Crippen molar-refractivity contribution in [2.24, 2.45) is 7.05 Å². The standard InChI is InChI=1S/C30H22FN2/c1-17-13-24-23-15-20(19-7-5-4-6-8-19)9-10-25(23)33-26-16-22(31)14-21-11-12-32(3)30(28(21)26)27(18(17)2)29(24)33/h4-16H,1-3H3/q+1. The van der Waals surface area contributed by atoms with Crippen molar-refractivity contribution in [3.63, 3.8) is 0 Å². The number of hydrogen-bond donors (Lipinski definition) is 0. The predicted octanol–water partition coefficient (Wildman–Crippen LogP) is 7.24. The van der Waals surface area contributed by atoms with Gasteiger partial charge in [-0.2, -0.15) is 0 Å². The third kappa shape index (κ3) is 2.34.